The van der Waals surface area contributed by atoms with Gasteiger partial charge < -0.3 is 5.32 Å². The van der Waals surface area contributed by atoms with Crippen LogP contribution in [0.15, 0.2) is 43.0 Å². The van der Waals surface area contributed by atoms with E-state index < -0.39 is 0 Å². The maximum atomic E-state index is 5.97. The van der Waals surface area contributed by atoms with Crippen molar-refractivity contribution in [3.63, 3.8) is 0 Å². The minimum atomic E-state index is 0.161. The van der Waals surface area contributed by atoms with Crippen LogP contribution in [0.5, 0.6) is 0 Å². The Bertz CT molecular complexity index is 918. The molecule has 3 aromatic heterocycles. The monoisotopic (exact) mass is 395 g/mol. The number of aryl methyl sites for hydroxylation is 1. The second kappa shape index (κ2) is 8.58. The van der Waals surface area contributed by atoms with Gasteiger partial charge in [-0.1, -0.05) is 18.0 Å². The Morgan fingerprint density at radius 2 is 2.04 bits per heavy atom. The third kappa shape index (κ3) is 4.61. The standard InChI is InChI=1S/C20H22ClN7/c1-14-10-18(26-19-12-22-7-8-23-19)27-20(25-14)17-4-2-3-9-28(17)13-16-6-5-15(21)11-24-16/h5-8,10-12,17H,2-4,9,13H2,1H3,(H,23,25,26,27). The lowest BCUT2D eigenvalue weighted by Crippen LogP contribution is -2.34. The van der Waals surface area contributed by atoms with Gasteiger partial charge in [0.25, 0.3) is 0 Å². The summed E-state index contributed by atoms with van der Waals surface area (Å²) in [6.07, 6.45) is 10.0. The van der Waals surface area contributed by atoms with Crippen LogP contribution in [0, 0.1) is 6.92 Å². The van der Waals surface area contributed by atoms with Gasteiger partial charge in [0.2, 0.25) is 0 Å². The van der Waals surface area contributed by atoms with Crippen LogP contribution < -0.4 is 5.32 Å². The summed E-state index contributed by atoms with van der Waals surface area (Å²) in [4.78, 5) is 24.7. The van der Waals surface area contributed by atoms with Gasteiger partial charge in [-0.15, -0.1) is 0 Å². The summed E-state index contributed by atoms with van der Waals surface area (Å²) in [5, 5.41) is 3.88. The third-order valence-electron chi connectivity index (χ3n) is 4.76. The highest BCUT2D eigenvalue weighted by molar-refractivity contribution is 6.30. The predicted octanol–water partition coefficient (Wildman–Crippen LogP) is 4.09. The third-order valence-corrected chi connectivity index (χ3v) is 4.98. The van der Waals surface area contributed by atoms with E-state index in [0.29, 0.717) is 10.8 Å². The molecule has 144 valence electrons. The highest BCUT2D eigenvalue weighted by atomic mass is 35.5. The van der Waals surface area contributed by atoms with E-state index in [4.69, 9.17) is 21.6 Å². The van der Waals surface area contributed by atoms with Crippen molar-refractivity contribution in [2.45, 2.75) is 38.8 Å². The number of halogens is 1. The highest BCUT2D eigenvalue weighted by Gasteiger charge is 2.27. The maximum Gasteiger partial charge on any atom is 0.150 e. The summed E-state index contributed by atoms with van der Waals surface area (Å²) in [7, 11) is 0. The second-order valence-corrected chi connectivity index (χ2v) is 7.35. The molecular weight excluding hydrogens is 374 g/mol. The van der Waals surface area contributed by atoms with Crippen molar-refractivity contribution in [1.29, 1.82) is 0 Å². The molecule has 0 aromatic carbocycles. The molecule has 7 nitrogen and oxygen atoms in total. The molecule has 4 heterocycles. The molecule has 4 rings (SSSR count). The van der Waals surface area contributed by atoms with Crippen LogP contribution in [-0.4, -0.2) is 36.4 Å². The number of hydrogen-bond acceptors (Lipinski definition) is 7. The van der Waals surface area contributed by atoms with Gasteiger partial charge in [0.15, 0.2) is 0 Å². The molecule has 1 fully saturated rings. The van der Waals surface area contributed by atoms with E-state index in [1.807, 2.05) is 25.1 Å². The summed E-state index contributed by atoms with van der Waals surface area (Å²) >= 11 is 5.97. The lowest BCUT2D eigenvalue weighted by molar-refractivity contribution is 0.132. The van der Waals surface area contributed by atoms with Crippen molar-refractivity contribution >= 4 is 23.2 Å². The molecule has 3 aromatic rings. The Labute approximate surface area is 169 Å². The first kappa shape index (κ1) is 18.7. The van der Waals surface area contributed by atoms with Crippen LogP contribution in [0.3, 0.4) is 0 Å². The summed E-state index contributed by atoms with van der Waals surface area (Å²) in [5.74, 6) is 2.23. The van der Waals surface area contributed by atoms with E-state index in [1.54, 1.807) is 24.8 Å². The molecule has 28 heavy (non-hydrogen) atoms. The first-order valence-corrected chi connectivity index (χ1v) is 9.78. The number of rotatable bonds is 5. The molecule has 0 spiro atoms. The van der Waals surface area contributed by atoms with Crippen molar-refractivity contribution in [3.8, 4) is 0 Å². The zero-order valence-electron chi connectivity index (χ0n) is 15.7. The molecule has 1 aliphatic rings. The molecule has 1 aliphatic heterocycles. The molecule has 1 N–H and O–H groups in total. The molecule has 0 saturated carbocycles. The molecule has 0 radical (unpaired) electrons. The molecule has 0 aliphatic carbocycles. The Kier molecular flexibility index (Phi) is 5.73. The van der Waals surface area contributed by atoms with Gasteiger partial charge in [-0.3, -0.25) is 14.9 Å². The zero-order chi connectivity index (χ0) is 19.3. The van der Waals surface area contributed by atoms with Gasteiger partial charge in [-0.05, 0) is 38.4 Å². The molecule has 1 atom stereocenters. The van der Waals surface area contributed by atoms with Crippen molar-refractivity contribution in [1.82, 2.24) is 29.8 Å². The van der Waals surface area contributed by atoms with E-state index in [1.165, 1.54) is 12.8 Å². The number of likely N-dealkylation sites (tertiary alicyclic amines) is 1. The lowest BCUT2D eigenvalue weighted by atomic mass is 10.0. The molecule has 1 unspecified atom stereocenters. The van der Waals surface area contributed by atoms with Crippen LogP contribution in [0.2, 0.25) is 5.02 Å². The molecule has 0 bridgehead atoms. The zero-order valence-corrected chi connectivity index (χ0v) is 16.5. The van der Waals surface area contributed by atoms with Crippen molar-refractivity contribution in [2.24, 2.45) is 0 Å². The average molecular weight is 396 g/mol. The predicted molar refractivity (Wildman–Crippen MR) is 108 cm³/mol. The number of hydrogen-bond donors (Lipinski definition) is 1. The molecule has 8 heteroatoms. The van der Waals surface area contributed by atoms with E-state index in [9.17, 15) is 0 Å². The molecular formula is C20H22ClN7. The normalized spacial score (nSPS) is 17.4. The lowest BCUT2D eigenvalue weighted by Gasteiger charge is -2.34. The van der Waals surface area contributed by atoms with Gasteiger partial charge in [0, 0.05) is 36.9 Å². The fraction of sp³-hybridized carbons (Fsp3) is 0.350. The van der Waals surface area contributed by atoms with Crippen molar-refractivity contribution in [2.75, 3.05) is 11.9 Å². The van der Waals surface area contributed by atoms with Crippen LogP contribution in [0.25, 0.3) is 0 Å². The minimum Gasteiger partial charge on any atom is -0.324 e. The van der Waals surface area contributed by atoms with Gasteiger partial charge >= 0.3 is 0 Å². The smallest absolute Gasteiger partial charge is 0.150 e. The maximum absolute atomic E-state index is 5.97. The number of aromatic nitrogens is 5. The van der Waals surface area contributed by atoms with Crippen LogP contribution >= 0.6 is 11.6 Å². The van der Waals surface area contributed by atoms with Crippen molar-refractivity contribution in [3.05, 3.63) is 65.2 Å². The van der Waals surface area contributed by atoms with E-state index in [2.05, 4.69) is 25.2 Å². The quantitative estimate of drug-likeness (QED) is 0.696. The van der Waals surface area contributed by atoms with Crippen molar-refractivity contribution < 1.29 is 0 Å². The van der Waals surface area contributed by atoms with Gasteiger partial charge in [-0.25, -0.2) is 15.0 Å². The van der Waals surface area contributed by atoms with Crippen LogP contribution in [0.4, 0.5) is 11.6 Å². The van der Waals surface area contributed by atoms with Gasteiger partial charge in [0.05, 0.1) is 23.0 Å². The summed E-state index contributed by atoms with van der Waals surface area (Å²) in [6.45, 7) is 3.74. The largest absolute Gasteiger partial charge is 0.324 e. The van der Waals surface area contributed by atoms with Crippen LogP contribution in [-0.2, 0) is 6.54 Å². The number of nitrogens with zero attached hydrogens (tertiary/aromatic N) is 6. The van der Waals surface area contributed by atoms with Gasteiger partial charge in [-0.2, -0.15) is 0 Å². The first-order valence-electron chi connectivity index (χ1n) is 9.40. The number of pyridine rings is 1. The molecule has 1 saturated heterocycles. The first-order chi connectivity index (χ1) is 13.7. The summed E-state index contributed by atoms with van der Waals surface area (Å²) < 4.78 is 0. The number of nitrogens with one attached hydrogen (secondary N) is 1. The average Bonchev–Trinajstić information content (AvgIpc) is 2.70. The Morgan fingerprint density at radius 3 is 2.82 bits per heavy atom. The van der Waals surface area contributed by atoms with E-state index in [-0.39, 0.29) is 6.04 Å². The van der Waals surface area contributed by atoms with E-state index in [0.717, 1.165) is 42.5 Å². The number of anilines is 2. The number of piperidine rings is 1. The highest BCUT2D eigenvalue weighted by Crippen LogP contribution is 2.31. The second-order valence-electron chi connectivity index (χ2n) is 6.92. The van der Waals surface area contributed by atoms with Crippen LogP contribution in [0.1, 0.15) is 42.5 Å². The topological polar surface area (TPSA) is 79.7 Å². The fourth-order valence-corrected chi connectivity index (χ4v) is 3.59. The Morgan fingerprint density at radius 1 is 1.11 bits per heavy atom. The summed E-state index contributed by atoms with van der Waals surface area (Å²) in [5.41, 5.74) is 1.92. The van der Waals surface area contributed by atoms with E-state index >= 15 is 0 Å². The Hall–Kier alpha value is -2.64. The SMILES string of the molecule is Cc1cc(Nc2cnccn2)nc(C2CCCCN2Cc2ccc(Cl)cn2)n1. The van der Waals surface area contributed by atoms with Gasteiger partial charge in [0.1, 0.15) is 17.5 Å². The minimum absolute atomic E-state index is 0.161. The fourth-order valence-electron chi connectivity index (χ4n) is 3.48. The summed E-state index contributed by atoms with van der Waals surface area (Å²) in [6, 6.07) is 5.95. The molecule has 0 amide bonds. The Balaban J connectivity index is 1.57.